The van der Waals surface area contributed by atoms with Crippen LogP contribution in [0.2, 0.25) is 5.02 Å². The predicted octanol–water partition coefficient (Wildman–Crippen LogP) is 2.74. The number of hydrogen-bond acceptors (Lipinski definition) is 5. The van der Waals surface area contributed by atoms with Gasteiger partial charge in [0.05, 0.1) is 17.0 Å². The molecule has 1 atom stereocenters. The van der Waals surface area contributed by atoms with E-state index in [1.807, 2.05) is 0 Å². The minimum Gasteiger partial charge on any atom is -0.449 e. The van der Waals surface area contributed by atoms with E-state index in [0.29, 0.717) is 10.7 Å². The molecule has 0 heterocycles. The van der Waals surface area contributed by atoms with Crippen LogP contribution in [0.25, 0.3) is 0 Å². The molecule has 1 amide bonds. The van der Waals surface area contributed by atoms with Crippen molar-refractivity contribution in [1.29, 1.82) is 0 Å². The monoisotopic (exact) mass is 434 g/mol. The topological polar surface area (TPSA) is 102 Å². The van der Waals surface area contributed by atoms with E-state index >= 15 is 0 Å². The SMILES string of the molecule is C#CCNS(=O)(=O)c1cccc(C(=O)OC(C)C(=O)Nc2cc(Cl)ccc2C)c1. The molecule has 0 fully saturated rings. The summed E-state index contributed by atoms with van der Waals surface area (Å²) in [6.07, 6.45) is 3.93. The van der Waals surface area contributed by atoms with E-state index in [9.17, 15) is 18.0 Å². The maximum atomic E-state index is 12.4. The van der Waals surface area contributed by atoms with Crippen LogP contribution in [0.3, 0.4) is 0 Å². The van der Waals surface area contributed by atoms with Gasteiger partial charge in [-0.2, -0.15) is 4.72 Å². The normalized spacial score (nSPS) is 11.9. The van der Waals surface area contributed by atoms with Crippen molar-refractivity contribution in [2.24, 2.45) is 0 Å². The van der Waals surface area contributed by atoms with Gasteiger partial charge in [-0.25, -0.2) is 13.2 Å². The van der Waals surface area contributed by atoms with Crippen molar-refractivity contribution in [3.8, 4) is 12.3 Å². The van der Waals surface area contributed by atoms with Crippen LogP contribution in [0.5, 0.6) is 0 Å². The molecule has 0 saturated heterocycles. The highest BCUT2D eigenvalue weighted by Gasteiger charge is 2.21. The third kappa shape index (κ3) is 6.06. The predicted molar refractivity (Wildman–Crippen MR) is 110 cm³/mol. The molecule has 2 N–H and O–H groups in total. The average molecular weight is 435 g/mol. The zero-order valence-electron chi connectivity index (χ0n) is 15.7. The molecule has 152 valence electrons. The number of aryl methyl sites for hydroxylation is 1. The van der Waals surface area contributed by atoms with Crippen molar-refractivity contribution in [2.45, 2.75) is 24.8 Å². The van der Waals surface area contributed by atoms with Crippen LogP contribution in [-0.2, 0) is 19.6 Å². The zero-order chi connectivity index (χ0) is 21.6. The van der Waals surface area contributed by atoms with Gasteiger partial charge < -0.3 is 10.1 Å². The number of sulfonamides is 1. The Labute approximate surface area is 174 Å². The van der Waals surface area contributed by atoms with Gasteiger partial charge >= 0.3 is 5.97 Å². The number of esters is 1. The number of hydrogen-bond donors (Lipinski definition) is 2. The van der Waals surface area contributed by atoms with Crippen molar-refractivity contribution >= 4 is 39.2 Å². The Morgan fingerprint density at radius 1 is 1.24 bits per heavy atom. The number of benzene rings is 2. The van der Waals surface area contributed by atoms with Crippen LogP contribution in [0.1, 0.15) is 22.8 Å². The van der Waals surface area contributed by atoms with Crippen molar-refractivity contribution in [2.75, 3.05) is 11.9 Å². The highest BCUT2D eigenvalue weighted by molar-refractivity contribution is 7.89. The molecule has 0 bridgehead atoms. The van der Waals surface area contributed by atoms with Gasteiger partial charge in [0.1, 0.15) is 0 Å². The molecule has 0 spiro atoms. The second-order valence-corrected chi connectivity index (χ2v) is 8.26. The summed E-state index contributed by atoms with van der Waals surface area (Å²) in [5.74, 6) is 0.766. The lowest BCUT2D eigenvalue weighted by Gasteiger charge is -2.15. The fraction of sp³-hybridized carbons (Fsp3) is 0.200. The van der Waals surface area contributed by atoms with Crippen molar-refractivity contribution in [3.05, 3.63) is 58.6 Å². The third-order valence-corrected chi connectivity index (χ3v) is 5.49. The van der Waals surface area contributed by atoms with Crippen molar-refractivity contribution in [1.82, 2.24) is 4.72 Å². The lowest BCUT2D eigenvalue weighted by molar-refractivity contribution is -0.123. The van der Waals surface area contributed by atoms with E-state index in [2.05, 4.69) is 16.0 Å². The van der Waals surface area contributed by atoms with Crippen LogP contribution in [0.15, 0.2) is 47.4 Å². The Bertz CT molecular complexity index is 1080. The number of carbonyl (C=O) groups is 2. The number of halogens is 1. The number of rotatable bonds is 7. The molecule has 0 aliphatic rings. The lowest BCUT2D eigenvalue weighted by atomic mass is 10.2. The highest BCUT2D eigenvalue weighted by atomic mass is 35.5. The van der Waals surface area contributed by atoms with Crippen molar-refractivity contribution in [3.63, 3.8) is 0 Å². The summed E-state index contributed by atoms with van der Waals surface area (Å²) in [5, 5.41) is 3.09. The standard InChI is InChI=1S/C20H19ClN2O5S/c1-4-10-22-29(26,27)17-7-5-6-15(11-17)20(25)28-14(3)19(24)23-18-12-16(21)9-8-13(18)2/h1,5-9,11-12,14,22H,10H2,2-3H3,(H,23,24). The minimum absolute atomic E-state index is 0.0211. The summed E-state index contributed by atoms with van der Waals surface area (Å²) < 4.78 is 31.6. The van der Waals surface area contributed by atoms with Gasteiger partial charge in [0.15, 0.2) is 6.10 Å². The molecule has 1 unspecified atom stereocenters. The quantitative estimate of drug-likeness (QED) is 0.515. The molecule has 7 nitrogen and oxygen atoms in total. The fourth-order valence-electron chi connectivity index (χ4n) is 2.26. The lowest BCUT2D eigenvalue weighted by Crippen LogP contribution is -2.30. The van der Waals surface area contributed by atoms with Gasteiger partial charge in [-0.15, -0.1) is 6.42 Å². The van der Waals surface area contributed by atoms with E-state index in [1.165, 1.54) is 25.1 Å². The van der Waals surface area contributed by atoms with Gasteiger partial charge in [0.25, 0.3) is 5.91 Å². The summed E-state index contributed by atoms with van der Waals surface area (Å²) in [6.45, 7) is 3.02. The summed E-state index contributed by atoms with van der Waals surface area (Å²) in [4.78, 5) is 24.5. The fourth-order valence-corrected chi connectivity index (χ4v) is 3.41. The van der Waals surface area contributed by atoms with Crippen molar-refractivity contribution < 1.29 is 22.7 Å². The van der Waals surface area contributed by atoms with Gasteiger partial charge in [-0.1, -0.05) is 29.7 Å². The summed E-state index contributed by atoms with van der Waals surface area (Å²) in [7, 11) is -3.86. The summed E-state index contributed by atoms with van der Waals surface area (Å²) in [5.41, 5.74) is 1.27. The molecule has 29 heavy (non-hydrogen) atoms. The summed E-state index contributed by atoms with van der Waals surface area (Å²) >= 11 is 5.93. The molecule has 9 heteroatoms. The van der Waals surface area contributed by atoms with Crippen LogP contribution in [-0.4, -0.2) is 32.9 Å². The number of nitrogens with one attached hydrogen (secondary N) is 2. The molecule has 0 aromatic heterocycles. The molecular formula is C20H19ClN2O5S. The minimum atomic E-state index is -3.86. The Morgan fingerprint density at radius 2 is 1.97 bits per heavy atom. The number of terminal acetylenes is 1. The van der Waals surface area contributed by atoms with Gasteiger partial charge in [-0.05, 0) is 49.7 Å². The molecule has 2 rings (SSSR count). The molecule has 2 aromatic rings. The highest BCUT2D eigenvalue weighted by Crippen LogP contribution is 2.20. The number of ether oxygens (including phenoxy) is 1. The first kappa shape index (κ1) is 22.4. The van der Waals surface area contributed by atoms with Crippen LogP contribution >= 0.6 is 11.6 Å². The Balaban J connectivity index is 2.09. The molecule has 2 aromatic carbocycles. The van der Waals surface area contributed by atoms with Gasteiger partial charge in [0.2, 0.25) is 10.0 Å². The van der Waals surface area contributed by atoms with E-state index in [1.54, 1.807) is 25.1 Å². The smallest absolute Gasteiger partial charge is 0.338 e. The van der Waals surface area contributed by atoms with Gasteiger partial charge in [0, 0.05) is 10.7 Å². The first-order valence-corrected chi connectivity index (χ1v) is 10.3. The number of anilines is 1. The van der Waals surface area contributed by atoms with Crippen LogP contribution < -0.4 is 10.0 Å². The molecule has 0 radical (unpaired) electrons. The Kier molecular flexibility index (Phi) is 7.40. The van der Waals surface area contributed by atoms with E-state index in [4.69, 9.17) is 22.8 Å². The van der Waals surface area contributed by atoms with E-state index < -0.39 is 28.0 Å². The molecule has 0 saturated carbocycles. The largest absolute Gasteiger partial charge is 0.449 e. The first-order chi connectivity index (χ1) is 13.6. The average Bonchev–Trinajstić information content (AvgIpc) is 2.69. The van der Waals surface area contributed by atoms with Crippen LogP contribution in [0, 0.1) is 19.3 Å². The number of amides is 1. The third-order valence-electron chi connectivity index (χ3n) is 3.85. The van der Waals surface area contributed by atoms with E-state index in [-0.39, 0.29) is 17.0 Å². The first-order valence-electron chi connectivity index (χ1n) is 8.45. The maximum Gasteiger partial charge on any atom is 0.338 e. The van der Waals surface area contributed by atoms with Gasteiger partial charge in [-0.3, -0.25) is 4.79 Å². The Hall–Kier alpha value is -2.86. The van der Waals surface area contributed by atoms with E-state index in [0.717, 1.165) is 11.6 Å². The second-order valence-electron chi connectivity index (χ2n) is 6.05. The molecular weight excluding hydrogens is 416 g/mol. The maximum absolute atomic E-state index is 12.4. The second kappa shape index (κ2) is 9.56. The molecule has 0 aliphatic heterocycles. The summed E-state index contributed by atoms with van der Waals surface area (Å²) in [6, 6.07) is 10.3. The Morgan fingerprint density at radius 3 is 2.66 bits per heavy atom. The zero-order valence-corrected chi connectivity index (χ0v) is 17.3. The number of carbonyl (C=O) groups excluding carboxylic acids is 2. The molecule has 0 aliphatic carbocycles. The van der Waals surface area contributed by atoms with Crippen LogP contribution in [0.4, 0.5) is 5.69 Å².